The molecule has 1 amide bonds. The van der Waals surface area contributed by atoms with Gasteiger partial charge in [-0.05, 0) is 44.9 Å². The van der Waals surface area contributed by atoms with Gasteiger partial charge in [-0.2, -0.15) is 0 Å². The SMILES string of the molecule is CCCCCCCCCCCCCCCCCCCCCC/C=C/CC/C=C/CC/C=C/C(O)C(COC1OC(CO)C(O)C(O)C1O)NC(=O)CCCCCCCCCCCCCCCCCC. The van der Waals surface area contributed by atoms with E-state index >= 15 is 0 Å². The molecule has 1 saturated heterocycles. The second kappa shape index (κ2) is 50.0. The van der Waals surface area contributed by atoms with Crippen molar-refractivity contribution in [1.82, 2.24) is 5.32 Å². The second-order valence-electron chi connectivity index (χ2n) is 20.8. The van der Waals surface area contributed by atoms with E-state index in [-0.39, 0.29) is 12.5 Å². The van der Waals surface area contributed by atoms with Crippen LogP contribution >= 0.6 is 0 Å². The van der Waals surface area contributed by atoms with Gasteiger partial charge in [0.05, 0.1) is 25.4 Å². The van der Waals surface area contributed by atoms with Crippen molar-refractivity contribution in [3.63, 3.8) is 0 Å². The van der Waals surface area contributed by atoms with Crippen LogP contribution in [0.1, 0.15) is 284 Å². The van der Waals surface area contributed by atoms with Crippen molar-refractivity contribution < 1.29 is 39.8 Å². The molecule has 0 saturated carbocycles. The lowest BCUT2D eigenvalue weighted by atomic mass is 9.99. The Morgan fingerprint density at radius 1 is 0.478 bits per heavy atom. The molecule has 0 radical (unpaired) electrons. The maximum absolute atomic E-state index is 13.0. The smallest absolute Gasteiger partial charge is 0.220 e. The summed E-state index contributed by atoms with van der Waals surface area (Å²) in [5.74, 6) is -0.187. The fourth-order valence-electron chi connectivity index (χ4n) is 9.49. The number of amides is 1. The number of nitrogens with one attached hydrogen (secondary N) is 1. The summed E-state index contributed by atoms with van der Waals surface area (Å²) in [6, 6.07) is -0.826. The van der Waals surface area contributed by atoms with Crippen LogP contribution in [0.4, 0.5) is 0 Å². The Morgan fingerprint density at radius 2 is 0.826 bits per heavy atom. The summed E-state index contributed by atoms with van der Waals surface area (Å²) in [5, 5.41) is 54.5. The normalized spacial score (nSPS) is 19.7. The number of aliphatic hydroxyl groups excluding tert-OH is 5. The third-order valence-electron chi connectivity index (χ3n) is 14.2. The number of carbonyl (C=O) groups is 1. The number of hydrogen-bond donors (Lipinski definition) is 6. The summed E-state index contributed by atoms with van der Waals surface area (Å²) >= 11 is 0. The van der Waals surface area contributed by atoms with Gasteiger partial charge in [-0.3, -0.25) is 4.79 Å². The third kappa shape index (κ3) is 39.6. The van der Waals surface area contributed by atoms with Crippen LogP contribution in [-0.4, -0.2) is 87.5 Å². The molecule has 1 aliphatic heterocycles. The molecule has 6 N–H and O–H groups in total. The first-order valence-electron chi connectivity index (χ1n) is 29.7. The van der Waals surface area contributed by atoms with Gasteiger partial charge in [-0.1, -0.05) is 269 Å². The highest BCUT2D eigenvalue weighted by Crippen LogP contribution is 2.23. The molecule has 7 unspecified atom stereocenters. The van der Waals surface area contributed by atoms with E-state index in [2.05, 4.69) is 43.5 Å². The van der Waals surface area contributed by atoms with Crippen molar-refractivity contribution >= 4 is 5.91 Å². The molecule has 69 heavy (non-hydrogen) atoms. The molecule has 0 aromatic heterocycles. The maximum Gasteiger partial charge on any atom is 0.220 e. The Balaban J connectivity index is 2.22. The molecule has 1 aliphatic rings. The second-order valence-corrected chi connectivity index (χ2v) is 20.8. The Hall–Kier alpha value is -1.59. The fraction of sp³-hybridized carbons (Fsp3) is 0.883. The lowest BCUT2D eigenvalue weighted by Gasteiger charge is -2.40. The highest BCUT2D eigenvalue weighted by molar-refractivity contribution is 5.76. The van der Waals surface area contributed by atoms with Crippen molar-refractivity contribution in [1.29, 1.82) is 0 Å². The molecule has 0 aromatic rings. The highest BCUT2D eigenvalue weighted by Gasteiger charge is 2.44. The van der Waals surface area contributed by atoms with Crippen molar-refractivity contribution in [3.05, 3.63) is 36.5 Å². The summed E-state index contributed by atoms with van der Waals surface area (Å²) < 4.78 is 11.3. The van der Waals surface area contributed by atoms with Crippen molar-refractivity contribution in [2.75, 3.05) is 13.2 Å². The van der Waals surface area contributed by atoms with Crippen LogP contribution in [0.3, 0.4) is 0 Å². The minimum atomic E-state index is -1.57. The standard InChI is InChI=1S/C60H113NO8/c1-3-5-7-9-11-13-15-17-19-21-22-23-24-25-26-27-28-29-30-31-32-33-34-35-37-39-41-43-45-47-49-54(63)53(52-68-60-59(67)58(66)57(65)55(51-62)69-60)61-56(64)50-48-46-44-42-40-38-36-20-18-16-14-12-10-8-6-4-2/h33-34,39,41,47,49,53-55,57-60,62-63,65-67H,3-32,35-38,40,42-46,48,50-52H2,1-2H3,(H,61,64)/b34-33+,41-39+,49-47+. The Morgan fingerprint density at radius 3 is 1.22 bits per heavy atom. The third-order valence-corrected chi connectivity index (χ3v) is 14.2. The Kier molecular flexibility index (Phi) is 47.4. The van der Waals surface area contributed by atoms with Gasteiger partial charge in [0.2, 0.25) is 5.91 Å². The molecular weight excluding hydrogens is 863 g/mol. The number of allylic oxidation sites excluding steroid dienone is 5. The number of aliphatic hydroxyl groups is 5. The zero-order chi connectivity index (χ0) is 50.1. The molecule has 1 fully saturated rings. The molecule has 9 nitrogen and oxygen atoms in total. The zero-order valence-electron chi connectivity index (χ0n) is 45.1. The van der Waals surface area contributed by atoms with E-state index in [1.54, 1.807) is 6.08 Å². The summed E-state index contributed by atoms with van der Waals surface area (Å²) in [5.41, 5.74) is 0. The van der Waals surface area contributed by atoms with Crippen LogP contribution in [-0.2, 0) is 14.3 Å². The zero-order valence-corrected chi connectivity index (χ0v) is 45.1. The average molecular weight is 977 g/mol. The molecule has 1 heterocycles. The predicted octanol–water partition coefficient (Wildman–Crippen LogP) is 14.7. The number of rotatable bonds is 51. The van der Waals surface area contributed by atoms with E-state index in [0.717, 1.165) is 44.9 Å². The van der Waals surface area contributed by atoms with Gasteiger partial charge in [0.25, 0.3) is 0 Å². The van der Waals surface area contributed by atoms with Crippen LogP contribution in [0.15, 0.2) is 36.5 Å². The molecule has 0 bridgehead atoms. The lowest BCUT2D eigenvalue weighted by molar-refractivity contribution is -0.302. The van der Waals surface area contributed by atoms with Gasteiger partial charge < -0.3 is 40.3 Å². The number of unbranched alkanes of at least 4 members (excludes halogenated alkanes) is 37. The number of carbonyl (C=O) groups excluding carboxylic acids is 1. The van der Waals surface area contributed by atoms with Crippen LogP contribution in [0.2, 0.25) is 0 Å². The summed E-state index contributed by atoms with van der Waals surface area (Å²) in [6.07, 6.45) is 58.0. The van der Waals surface area contributed by atoms with E-state index in [0.29, 0.717) is 6.42 Å². The minimum Gasteiger partial charge on any atom is -0.394 e. The average Bonchev–Trinajstić information content (AvgIpc) is 3.35. The molecule has 9 heteroatoms. The van der Waals surface area contributed by atoms with Crippen LogP contribution < -0.4 is 5.32 Å². The summed E-state index contributed by atoms with van der Waals surface area (Å²) in [4.78, 5) is 13.0. The van der Waals surface area contributed by atoms with Crippen LogP contribution in [0, 0.1) is 0 Å². The molecule has 0 aliphatic carbocycles. The van der Waals surface area contributed by atoms with Gasteiger partial charge >= 0.3 is 0 Å². The molecule has 406 valence electrons. The quantitative estimate of drug-likeness (QED) is 0.0261. The monoisotopic (exact) mass is 976 g/mol. The van der Waals surface area contributed by atoms with E-state index in [9.17, 15) is 30.3 Å². The van der Waals surface area contributed by atoms with Gasteiger partial charge in [0, 0.05) is 6.42 Å². The number of hydrogen-bond acceptors (Lipinski definition) is 8. The lowest BCUT2D eigenvalue weighted by Crippen LogP contribution is -2.60. The molecular formula is C60H113NO8. The van der Waals surface area contributed by atoms with Crippen molar-refractivity contribution in [2.45, 2.75) is 326 Å². The first-order chi connectivity index (χ1) is 33.8. The van der Waals surface area contributed by atoms with Crippen LogP contribution in [0.25, 0.3) is 0 Å². The van der Waals surface area contributed by atoms with Gasteiger partial charge in [-0.25, -0.2) is 0 Å². The van der Waals surface area contributed by atoms with Crippen molar-refractivity contribution in [2.24, 2.45) is 0 Å². The molecule has 7 atom stereocenters. The van der Waals surface area contributed by atoms with Gasteiger partial charge in [-0.15, -0.1) is 0 Å². The van der Waals surface area contributed by atoms with E-state index in [1.165, 1.54) is 218 Å². The Labute approximate surface area is 425 Å². The van der Waals surface area contributed by atoms with Gasteiger partial charge in [0.1, 0.15) is 24.4 Å². The minimum absolute atomic E-state index is 0.187. The van der Waals surface area contributed by atoms with E-state index in [4.69, 9.17) is 9.47 Å². The van der Waals surface area contributed by atoms with E-state index < -0.39 is 49.5 Å². The predicted molar refractivity (Wildman–Crippen MR) is 290 cm³/mol. The first-order valence-corrected chi connectivity index (χ1v) is 29.7. The largest absolute Gasteiger partial charge is 0.394 e. The number of ether oxygens (including phenoxy) is 2. The van der Waals surface area contributed by atoms with Gasteiger partial charge in [0.15, 0.2) is 6.29 Å². The topological polar surface area (TPSA) is 149 Å². The molecule has 1 rings (SSSR count). The summed E-state index contributed by atoms with van der Waals surface area (Å²) in [7, 11) is 0. The summed E-state index contributed by atoms with van der Waals surface area (Å²) in [6.45, 7) is 3.79. The fourth-order valence-corrected chi connectivity index (χ4v) is 9.49. The first kappa shape index (κ1) is 65.4. The highest BCUT2D eigenvalue weighted by atomic mass is 16.7. The van der Waals surface area contributed by atoms with E-state index in [1.807, 2.05) is 6.08 Å². The van der Waals surface area contributed by atoms with Crippen molar-refractivity contribution in [3.8, 4) is 0 Å². The molecule has 0 aromatic carbocycles. The van der Waals surface area contributed by atoms with Crippen LogP contribution in [0.5, 0.6) is 0 Å². The maximum atomic E-state index is 13.0. The molecule has 0 spiro atoms. The Bertz CT molecular complexity index is 1180.